The molecule has 1 rings (SSSR count). The quantitative estimate of drug-likeness (QED) is 0.742. The first-order chi connectivity index (χ1) is 8.60. The van der Waals surface area contributed by atoms with Crippen LogP contribution in [0, 0.1) is 5.92 Å². The third-order valence-electron chi connectivity index (χ3n) is 3.89. The van der Waals surface area contributed by atoms with Gasteiger partial charge >= 0.3 is 0 Å². The Balaban J connectivity index is 2.39. The number of hydrogen-bond donors (Lipinski definition) is 1. The fourth-order valence-electron chi connectivity index (χ4n) is 2.75. The van der Waals surface area contributed by atoms with E-state index in [1.54, 1.807) is 0 Å². The van der Waals surface area contributed by atoms with E-state index in [1.165, 1.54) is 19.4 Å². The van der Waals surface area contributed by atoms with Gasteiger partial charge in [0.15, 0.2) is 0 Å². The van der Waals surface area contributed by atoms with Crippen molar-refractivity contribution in [1.82, 2.24) is 15.1 Å². The fourth-order valence-corrected chi connectivity index (χ4v) is 2.75. The lowest BCUT2D eigenvalue weighted by molar-refractivity contribution is -0.134. The summed E-state index contributed by atoms with van der Waals surface area (Å²) in [6.45, 7) is 11.1. The molecular formula is C14H29N3O. The van der Waals surface area contributed by atoms with Gasteiger partial charge in [-0.25, -0.2) is 0 Å². The number of nitrogens with zero attached hydrogens (tertiary/aromatic N) is 2. The number of amides is 1. The van der Waals surface area contributed by atoms with Gasteiger partial charge in [-0.15, -0.1) is 0 Å². The second-order valence-electron chi connectivity index (χ2n) is 5.35. The lowest BCUT2D eigenvalue weighted by Crippen LogP contribution is -2.44. The van der Waals surface area contributed by atoms with Crippen molar-refractivity contribution in [3.8, 4) is 0 Å². The summed E-state index contributed by atoms with van der Waals surface area (Å²) < 4.78 is 0. The van der Waals surface area contributed by atoms with Crippen LogP contribution < -0.4 is 5.32 Å². The minimum absolute atomic E-state index is 0.0754. The van der Waals surface area contributed by atoms with E-state index >= 15 is 0 Å². The maximum atomic E-state index is 12.2. The fraction of sp³-hybridized carbons (Fsp3) is 0.929. The lowest BCUT2D eigenvalue weighted by atomic mass is 10.1. The molecule has 2 atom stereocenters. The first-order valence-electron chi connectivity index (χ1n) is 7.29. The van der Waals surface area contributed by atoms with Crippen molar-refractivity contribution in [2.24, 2.45) is 5.92 Å². The molecule has 1 amide bonds. The van der Waals surface area contributed by atoms with Crippen molar-refractivity contribution >= 4 is 5.91 Å². The normalized spacial score (nSPS) is 22.1. The number of hydrogen-bond acceptors (Lipinski definition) is 3. The van der Waals surface area contributed by atoms with Crippen LogP contribution in [0.2, 0.25) is 0 Å². The van der Waals surface area contributed by atoms with Crippen LogP contribution in [0.4, 0.5) is 0 Å². The van der Waals surface area contributed by atoms with Gasteiger partial charge in [0.25, 0.3) is 0 Å². The van der Waals surface area contributed by atoms with E-state index in [4.69, 9.17) is 0 Å². The summed E-state index contributed by atoms with van der Waals surface area (Å²) in [7, 11) is 1.94. The maximum absolute atomic E-state index is 12.2. The first-order valence-corrected chi connectivity index (χ1v) is 7.29. The van der Waals surface area contributed by atoms with Crippen molar-refractivity contribution in [1.29, 1.82) is 0 Å². The van der Waals surface area contributed by atoms with E-state index in [-0.39, 0.29) is 11.8 Å². The molecule has 0 radical (unpaired) electrons. The molecule has 0 bridgehead atoms. The molecule has 2 unspecified atom stereocenters. The smallest absolute Gasteiger partial charge is 0.226 e. The van der Waals surface area contributed by atoms with Gasteiger partial charge in [-0.1, -0.05) is 20.8 Å². The molecule has 0 saturated carbocycles. The number of carbonyl (C=O) groups excluding carboxylic acids is 1. The molecule has 4 nitrogen and oxygen atoms in total. The van der Waals surface area contributed by atoms with Crippen molar-refractivity contribution in [2.45, 2.75) is 39.7 Å². The topological polar surface area (TPSA) is 35.6 Å². The molecule has 1 saturated heterocycles. The van der Waals surface area contributed by atoms with Gasteiger partial charge < -0.3 is 10.2 Å². The number of nitrogens with one attached hydrogen (secondary N) is 1. The molecular weight excluding hydrogens is 226 g/mol. The summed E-state index contributed by atoms with van der Waals surface area (Å²) in [5.41, 5.74) is 0. The number of likely N-dealkylation sites (tertiary alicyclic amines) is 1. The molecule has 106 valence electrons. The molecule has 4 heteroatoms. The number of carbonyl (C=O) groups is 1. The molecule has 0 aromatic rings. The zero-order valence-electron chi connectivity index (χ0n) is 12.4. The summed E-state index contributed by atoms with van der Waals surface area (Å²) in [6.07, 6.45) is 2.50. The zero-order chi connectivity index (χ0) is 13.5. The van der Waals surface area contributed by atoms with Gasteiger partial charge in [-0.3, -0.25) is 9.69 Å². The van der Waals surface area contributed by atoms with E-state index in [0.29, 0.717) is 6.04 Å². The van der Waals surface area contributed by atoms with E-state index in [2.05, 4.69) is 24.1 Å². The van der Waals surface area contributed by atoms with Crippen molar-refractivity contribution in [3.05, 3.63) is 0 Å². The van der Waals surface area contributed by atoms with Crippen LogP contribution in [0.3, 0.4) is 0 Å². The van der Waals surface area contributed by atoms with Crippen LogP contribution in [0.15, 0.2) is 0 Å². The van der Waals surface area contributed by atoms with Gasteiger partial charge in [-0.05, 0) is 32.5 Å². The highest BCUT2D eigenvalue weighted by Crippen LogP contribution is 2.17. The van der Waals surface area contributed by atoms with Crippen LogP contribution in [0.5, 0.6) is 0 Å². The molecule has 18 heavy (non-hydrogen) atoms. The van der Waals surface area contributed by atoms with Gasteiger partial charge in [-0.2, -0.15) is 0 Å². The molecule has 1 N–H and O–H groups in total. The SMILES string of the molecule is CCNCC(C)C(=O)N(C)CC1CCCN1CC. The molecule has 1 heterocycles. The second kappa shape index (κ2) is 7.74. The highest BCUT2D eigenvalue weighted by molar-refractivity contribution is 5.78. The molecule has 0 aromatic carbocycles. The Labute approximate surface area is 112 Å². The minimum atomic E-state index is 0.0754. The predicted molar refractivity (Wildman–Crippen MR) is 75.6 cm³/mol. The molecule has 1 fully saturated rings. The van der Waals surface area contributed by atoms with Crippen molar-refractivity contribution in [2.75, 3.05) is 39.8 Å². The summed E-state index contributed by atoms with van der Waals surface area (Å²) in [5.74, 6) is 0.338. The zero-order valence-corrected chi connectivity index (χ0v) is 12.4. The van der Waals surface area contributed by atoms with Crippen LogP contribution >= 0.6 is 0 Å². The van der Waals surface area contributed by atoms with Gasteiger partial charge in [0.05, 0.1) is 0 Å². The third-order valence-corrected chi connectivity index (χ3v) is 3.89. The van der Waals surface area contributed by atoms with E-state index in [1.807, 2.05) is 18.9 Å². The Morgan fingerprint density at radius 1 is 1.50 bits per heavy atom. The number of rotatable bonds is 7. The van der Waals surface area contributed by atoms with Crippen molar-refractivity contribution in [3.63, 3.8) is 0 Å². The van der Waals surface area contributed by atoms with Crippen LogP contribution in [0.1, 0.15) is 33.6 Å². The van der Waals surface area contributed by atoms with Gasteiger partial charge in [0, 0.05) is 32.1 Å². The van der Waals surface area contributed by atoms with E-state index in [0.717, 1.165) is 26.2 Å². The highest BCUT2D eigenvalue weighted by atomic mass is 16.2. The predicted octanol–water partition coefficient (Wildman–Crippen LogP) is 1.17. The Hall–Kier alpha value is -0.610. The lowest BCUT2D eigenvalue weighted by Gasteiger charge is -2.29. The average Bonchev–Trinajstić information content (AvgIpc) is 2.81. The van der Waals surface area contributed by atoms with Crippen LogP contribution in [0.25, 0.3) is 0 Å². The van der Waals surface area contributed by atoms with Crippen LogP contribution in [-0.2, 0) is 4.79 Å². The van der Waals surface area contributed by atoms with Gasteiger partial charge in [0.1, 0.15) is 0 Å². The third kappa shape index (κ3) is 4.25. The largest absolute Gasteiger partial charge is 0.344 e. The highest BCUT2D eigenvalue weighted by Gasteiger charge is 2.26. The molecule has 0 aliphatic carbocycles. The van der Waals surface area contributed by atoms with E-state index in [9.17, 15) is 4.79 Å². The maximum Gasteiger partial charge on any atom is 0.226 e. The minimum Gasteiger partial charge on any atom is -0.344 e. The molecule has 0 spiro atoms. The van der Waals surface area contributed by atoms with E-state index < -0.39 is 0 Å². The Kier molecular flexibility index (Phi) is 6.65. The van der Waals surface area contributed by atoms with Crippen LogP contribution in [-0.4, -0.2) is 61.5 Å². The van der Waals surface area contributed by atoms with Gasteiger partial charge in [0.2, 0.25) is 5.91 Å². The summed E-state index contributed by atoms with van der Waals surface area (Å²) in [6, 6.07) is 0.565. The first kappa shape index (κ1) is 15.4. The molecule has 0 aromatic heterocycles. The standard InChI is InChI=1S/C14H29N3O/c1-5-15-10-12(3)14(18)16(4)11-13-8-7-9-17(13)6-2/h12-13,15H,5-11H2,1-4H3. The average molecular weight is 255 g/mol. The van der Waals surface area contributed by atoms with Crippen molar-refractivity contribution < 1.29 is 4.79 Å². The summed E-state index contributed by atoms with van der Waals surface area (Å²) >= 11 is 0. The molecule has 1 aliphatic heterocycles. The second-order valence-corrected chi connectivity index (χ2v) is 5.35. The Bertz CT molecular complexity index is 257. The summed E-state index contributed by atoms with van der Waals surface area (Å²) in [4.78, 5) is 16.6. The monoisotopic (exact) mass is 255 g/mol. The molecule has 1 aliphatic rings. The Morgan fingerprint density at radius 3 is 2.83 bits per heavy atom. The number of likely N-dealkylation sites (N-methyl/N-ethyl adjacent to an activating group) is 2. The Morgan fingerprint density at radius 2 is 2.22 bits per heavy atom. The summed E-state index contributed by atoms with van der Waals surface area (Å²) in [5, 5.41) is 3.24.